The molecule has 4 rings (SSSR count). The highest BCUT2D eigenvalue weighted by atomic mass is 32.1. The lowest BCUT2D eigenvalue weighted by molar-refractivity contribution is -0.385. The van der Waals surface area contributed by atoms with Gasteiger partial charge in [0.25, 0.3) is 23.4 Å². The molecule has 1 aliphatic heterocycles. The summed E-state index contributed by atoms with van der Waals surface area (Å²) < 4.78 is 5.28. The highest BCUT2D eigenvalue weighted by Crippen LogP contribution is 2.31. The normalized spacial score (nSPS) is 16.8. The first-order chi connectivity index (χ1) is 16.3. The van der Waals surface area contributed by atoms with Crippen LogP contribution >= 0.6 is 11.3 Å². The molecule has 1 unspecified atom stereocenters. The SMILES string of the molecule is CC(OC(=O)CN1C(=O)c2cccc([N+](=O)[O-])c2C1=O)C(=O)N(c1nccs1)C1CCCCC1. The topological polar surface area (TPSA) is 140 Å². The number of nitro groups is 1. The Bertz CT molecular complexity index is 1140. The predicted molar refractivity (Wildman–Crippen MR) is 120 cm³/mol. The van der Waals surface area contributed by atoms with Crippen LogP contribution in [-0.4, -0.2) is 57.2 Å². The van der Waals surface area contributed by atoms with Crippen molar-refractivity contribution in [3.63, 3.8) is 0 Å². The Morgan fingerprint density at radius 2 is 2.00 bits per heavy atom. The van der Waals surface area contributed by atoms with Gasteiger partial charge in [0.05, 0.1) is 10.5 Å². The second kappa shape index (κ2) is 9.67. The van der Waals surface area contributed by atoms with Crippen molar-refractivity contribution in [1.82, 2.24) is 9.88 Å². The molecule has 1 aromatic carbocycles. The van der Waals surface area contributed by atoms with Crippen LogP contribution in [0.1, 0.15) is 59.7 Å². The summed E-state index contributed by atoms with van der Waals surface area (Å²) in [5.41, 5.74) is -1.02. The van der Waals surface area contributed by atoms with Crippen LogP contribution in [0.5, 0.6) is 0 Å². The molecule has 2 aromatic rings. The number of amides is 3. The zero-order valence-corrected chi connectivity index (χ0v) is 19.2. The Morgan fingerprint density at radius 1 is 1.26 bits per heavy atom. The largest absolute Gasteiger partial charge is 0.451 e. The van der Waals surface area contributed by atoms with E-state index in [-0.39, 0.29) is 17.2 Å². The maximum absolute atomic E-state index is 13.2. The molecule has 1 fully saturated rings. The van der Waals surface area contributed by atoms with Gasteiger partial charge in [0.2, 0.25) is 0 Å². The van der Waals surface area contributed by atoms with Crippen LogP contribution < -0.4 is 4.90 Å². The summed E-state index contributed by atoms with van der Waals surface area (Å²) in [5, 5.41) is 13.5. The molecule has 12 heteroatoms. The van der Waals surface area contributed by atoms with E-state index in [0.717, 1.165) is 38.2 Å². The molecule has 2 aliphatic rings. The van der Waals surface area contributed by atoms with Crippen LogP contribution in [0.4, 0.5) is 10.8 Å². The minimum atomic E-state index is -1.18. The van der Waals surface area contributed by atoms with Gasteiger partial charge in [0.15, 0.2) is 11.2 Å². The Hall–Kier alpha value is -3.67. The van der Waals surface area contributed by atoms with Crippen molar-refractivity contribution in [1.29, 1.82) is 0 Å². The first-order valence-electron chi connectivity index (χ1n) is 10.8. The van der Waals surface area contributed by atoms with Crippen molar-refractivity contribution in [2.75, 3.05) is 11.4 Å². The van der Waals surface area contributed by atoms with E-state index in [1.807, 2.05) is 0 Å². The van der Waals surface area contributed by atoms with E-state index < -0.39 is 47.0 Å². The van der Waals surface area contributed by atoms with Crippen molar-refractivity contribution in [3.05, 3.63) is 51.0 Å². The molecular formula is C22H22N4O7S. The molecule has 2 heterocycles. The molecule has 0 radical (unpaired) electrons. The van der Waals surface area contributed by atoms with Crippen LogP contribution in [-0.2, 0) is 14.3 Å². The molecule has 1 atom stereocenters. The number of esters is 1. The van der Waals surface area contributed by atoms with Gasteiger partial charge in [-0.25, -0.2) is 4.98 Å². The van der Waals surface area contributed by atoms with E-state index in [1.54, 1.807) is 16.5 Å². The van der Waals surface area contributed by atoms with Crippen molar-refractivity contribution in [2.24, 2.45) is 0 Å². The second-order valence-corrected chi connectivity index (χ2v) is 8.97. The molecule has 34 heavy (non-hydrogen) atoms. The number of nitro benzene ring substituents is 1. The van der Waals surface area contributed by atoms with Gasteiger partial charge in [0, 0.05) is 23.7 Å². The van der Waals surface area contributed by atoms with E-state index in [9.17, 15) is 29.3 Å². The number of anilines is 1. The van der Waals surface area contributed by atoms with Gasteiger partial charge in [0.1, 0.15) is 12.1 Å². The van der Waals surface area contributed by atoms with E-state index >= 15 is 0 Å². The van der Waals surface area contributed by atoms with E-state index in [2.05, 4.69) is 4.98 Å². The van der Waals surface area contributed by atoms with Gasteiger partial charge in [-0.1, -0.05) is 25.3 Å². The van der Waals surface area contributed by atoms with Crippen molar-refractivity contribution in [3.8, 4) is 0 Å². The van der Waals surface area contributed by atoms with Gasteiger partial charge < -0.3 is 4.74 Å². The molecule has 1 aliphatic carbocycles. The quantitative estimate of drug-likeness (QED) is 0.252. The number of nitrogens with zero attached hydrogens (tertiary/aromatic N) is 4. The van der Waals surface area contributed by atoms with Gasteiger partial charge in [-0.15, -0.1) is 11.3 Å². The number of aromatic nitrogens is 1. The number of ether oxygens (including phenoxy) is 1. The molecule has 0 saturated heterocycles. The zero-order chi connectivity index (χ0) is 24.4. The van der Waals surface area contributed by atoms with Crippen LogP contribution in [0.2, 0.25) is 0 Å². The molecule has 11 nitrogen and oxygen atoms in total. The maximum atomic E-state index is 13.2. The number of carbonyl (C=O) groups excluding carboxylic acids is 4. The van der Waals surface area contributed by atoms with Crippen molar-refractivity contribution >= 4 is 45.8 Å². The highest BCUT2D eigenvalue weighted by molar-refractivity contribution is 7.13. The molecule has 0 N–H and O–H groups in total. The minimum Gasteiger partial charge on any atom is -0.451 e. The third kappa shape index (κ3) is 4.40. The zero-order valence-electron chi connectivity index (χ0n) is 18.3. The van der Waals surface area contributed by atoms with Crippen LogP contribution in [0, 0.1) is 10.1 Å². The van der Waals surface area contributed by atoms with Crippen molar-refractivity contribution in [2.45, 2.75) is 51.2 Å². The second-order valence-electron chi connectivity index (χ2n) is 8.10. The summed E-state index contributed by atoms with van der Waals surface area (Å²) in [7, 11) is 0. The van der Waals surface area contributed by atoms with E-state index in [0.29, 0.717) is 10.0 Å². The third-order valence-corrected chi connectivity index (χ3v) is 6.69. The monoisotopic (exact) mass is 486 g/mol. The molecular weight excluding hydrogens is 464 g/mol. The Morgan fingerprint density at radius 3 is 2.65 bits per heavy atom. The van der Waals surface area contributed by atoms with Crippen LogP contribution in [0.3, 0.4) is 0 Å². The summed E-state index contributed by atoms with van der Waals surface area (Å²) in [6, 6.07) is 3.65. The lowest BCUT2D eigenvalue weighted by atomic mass is 9.94. The lowest BCUT2D eigenvalue weighted by Crippen LogP contribution is -2.48. The Labute approximate surface area is 198 Å². The summed E-state index contributed by atoms with van der Waals surface area (Å²) >= 11 is 1.31. The Kier molecular flexibility index (Phi) is 6.68. The standard InChI is InChI=1S/C22H22N4O7S/c1-13(19(28)25(22-23-10-11-34-22)14-6-3-2-4-7-14)33-17(27)12-24-20(29)15-8-5-9-16(26(31)32)18(15)21(24)30/h5,8-11,13-14H,2-4,6-7,12H2,1H3. The van der Waals surface area contributed by atoms with Gasteiger partial charge >= 0.3 is 5.97 Å². The number of carbonyl (C=O) groups is 4. The number of benzene rings is 1. The first kappa shape index (κ1) is 23.5. The molecule has 0 bridgehead atoms. The van der Waals surface area contributed by atoms with E-state index in [1.165, 1.54) is 30.4 Å². The smallest absolute Gasteiger partial charge is 0.326 e. The van der Waals surface area contributed by atoms with Gasteiger partial charge in [-0.3, -0.25) is 39.1 Å². The summed E-state index contributed by atoms with van der Waals surface area (Å²) in [4.78, 5) is 68.0. The average molecular weight is 487 g/mol. The molecule has 178 valence electrons. The summed E-state index contributed by atoms with van der Waals surface area (Å²) in [6.45, 7) is 0.665. The minimum absolute atomic E-state index is 0.0506. The number of hydrogen-bond donors (Lipinski definition) is 0. The molecule has 1 saturated carbocycles. The summed E-state index contributed by atoms with van der Waals surface area (Å²) in [6.07, 6.45) is 5.13. The number of thiazole rings is 1. The first-order valence-corrected chi connectivity index (χ1v) is 11.7. The van der Waals surface area contributed by atoms with E-state index in [4.69, 9.17) is 4.74 Å². The predicted octanol–water partition coefficient (Wildman–Crippen LogP) is 2.94. The number of hydrogen-bond acceptors (Lipinski definition) is 9. The lowest BCUT2D eigenvalue weighted by Gasteiger charge is -2.33. The maximum Gasteiger partial charge on any atom is 0.326 e. The highest BCUT2D eigenvalue weighted by Gasteiger charge is 2.42. The number of fused-ring (bicyclic) bond motifs is 1. The van der Waals surface area contributed by atoms with Gasteiger partial charge in [-0.2, -0.15) is 0 Å². The van der Waals surface area contributed by atoms with Crippen LogP contribution in [0.15, 0.2) is 29.8 Å². The fourth-order valence-electron chi connectivity index (χ4n) is 4.33. The summed E-state index contributed by atoms with van der Waals surface area (Å²) in [5.74, 6) is -3.19. The van der Waals surface area contributed by atoms with Crippen LogP contribution in [0.25, 0.3) is 0 Å². The average Bonchev–Trinajstić information content (AvgIpc) is 3.43. The molecule has 3 amide bonds. The molecule has 1 aromatic heterocycles. The van der Waals surface area contributed by atoms with Gasteiger partial charge in [-0.05, 0) is 25.8 Å². The Balaban J connectivity index is 1.46. The van der Waals surface area contributed by atoms with Crippen molar-refractivity contribution < 1.29 is 28.8 Å². The number of imide groups is 1. The molecule has 0 spiro atoms. The number of rotatable bonds is 7. The third-order valence-electron chi connectivity index (χ3n) is 5.92. The fraction of sp³-hybridized carbons (Fsp3) is 0.409. The fourth-order valence-corrected chi connectivity index (χ4v) is 5.04.